The van der Waals surface area contributed by atoms with Crippen molar-refractivity contribution < 1.29 is 4.79 Å². The molecule has 1 saturated heterocycles. The summed E-state index contributed by atoms with van der Waals surface area (Å²) in [6, 6.07) is 32.3. The van der Waals surface area contributed by atoms with Crippen LogP contribution in [-0.2, 0) is 6.54 Å². The molecule has 0 aliphatic carbocycles. The van der Waals surface area contributed by atoms with Crippen molar-refractivity contribution in [3.05, 3.63) is 120 Å². The number of imidazole rings is 1. The Bertz CT molecular complexity index is 2180. The second-order valence-corrected chi connectivity index (χ2v) is 12.3. The van der Waals surface area contributed by atoms with Crippen molar-refractivity contribution in [1.82, 2.24) is 34.3 Å². The third kappa shape index (κ3) is 5.27. The quantitative estimate of drug-likeness (QED) is 0.232. The molecule has 0 atom stereocenters. The van der Waals surface area contributed by atoms with Gasteiger partial charge in [0.2, 0.25) is 0 Å². The highest BCUT2D eigenvalue weighted by atomic mass is 32.1. The van der Waals surface area contributed by atoms with E-state index in [2.05, 4.69) is 55.8 Å². The van der Waals surface area contributed by atoms with Crippen LogP contribution in [0.2, 0.25) is 0 Å². The monoisotopic (exact) mass is 622 g/mol. The van der Waals surface area contributed by atoms with E-state index in [1.807, 2.05) is 71.1 Å². The summed E-state index contributed by atoms with van der Waals surface area (Å²) in [6.07, 6.45) is 1.68. The van der Waals surface area contributed by atoms with Crippen LogP contribution in [0, 0.1) is 0 Å². The number of amides is 1. The summed E-state index contributed by atoms with van der Waals surface area (Å²) in [7, 11) is 0. The van der Waals surface area contributed by atoms with Crippen molar-refractivity contribution in [1.29, 1.82) is 0 Å². The maximum absolute atomic E-state index is 13.2. The molecule has 1 aliphatic heterocycles. The number of piperazine rings is 1. The van der Waals surface area contributed by atoms with E-state index in [1.54, 1.807) is 17.5 Å². The fourth-order valence-electron chi connectivity index (χ4n) is 6.05. The molecule has 2 N–H and O–H groups in total. The van der Waals surface area contributed by atoms with E-state index in [0.717, 1.165) is 63.5 Å². The molecule has 7 aromatic rings. The first-order valence-corrected chi connectivity index (χ1v) is 16.1. The highest BCUT2D eigenvalue weighted by Gasteiger charge is 2.23. The molecule has 1 fully saturated rings. The molecule has 5 heterocycles. The molecule has 9 nitrogen and oxygen atoms in total. The molecule has 0 unspecified atom stereocenters. The van der Waals surface area contributed by atoms with Crippen molar-refractivity contribution in [2.45, 2.75) is 6.54 Å². The topological polar surface area (TPSA) is 106 Å². The van der Waals surface area contributed by atoms with E-state index in [-0.39, 0.29) is 5.91 Å². The minimum Gasteiger partial charge on any atom is -0.383 e. The number of pyridine rings is 2. The molecular formula is C36H30N8OS. The summed E-state index contributed by atoms with van der Waals surface area (Å²) in [5, 5.41) is 0. The molecule has 0 radical (unpaired) electrons. The molecule has 8 rings (SSSR count). The summed E-state index contributed by atoms with van der Waals surface area (Å²) >= 11 is 1.59. The fourth-order valence-corrected chi connectivity index (χ4v) is 6.71. The summed E-state index contributed by atoms with van der Waals surface area (Å²) in [4.78, 5) is 36.2. The molecule has 1 aliphatic rings. The van der Waals surface area contributed by atoms with Gasteiger partial charge in [0, 0.05) is 55.7 Å². The molecule has 1 amide bonds. The lowest BCUT2D eigenvalue weighted by Gasteiger charge is -2.34. The number of benzene rings is 3. The Morgan fingerprint density at radius 2 is 1.63 bits per heavy atom. The lowest BCUT2D eigenvalue weighted by atomic mass is 10.1. The molecule has 0 spiro atoms. The average Bonchev–Trinajstić information content (AvgIpc) is 3.73. The standard InChI is InChI=1S/C36H30N8OS/c37-33-28(7-4-16-38-33)34-41-30-14-13-29(25-5-2-1-3-6-25)40-35(30)44(34)27-11-8-24(9-12-27)22-42-17-19-43(20-18-42)36(45)26-10-15-32-31(21-26)39-23-46-32/h1-16,21,23H,17-20,22H2,(H2,37,38). The molecule has 4 aromatic heterocycles. The van der Waals surface area contributed by atoms with E-state index in [9.17, 15) is 4.79 Å². The lowest BCUT2D eigenvalue weighted by Crippen LogP contribution is -2.48. The molecule has 10 heteroatoms. The number of hydrogen-bond acceptors (Lipinski definition) is 8. The average molecular weight is 623 g/mol. The van der Waals surface area contributed by atoms with Crippen molar-refractivity contribution in [3.63, 3.8) is 0 Å². The number of nitrogens with zero attached hydrogens (tertiary/aromatic N) is 7. The van der Waals surface area contributed by atoms with Gasteiger partial charge in [0.05, 0.1) is 27.0 Å². The number of rotatable bonds is 6. The van der Waals surface area contributed by atoms with Crippen LogP contribution in [0.15, 0.2) is 109 Å². The smallest absolute Gasteiger partial charge is 0.254 e. The van der Waals surface area contributed by atoms with Gasteiger partial charge in [-0.25, -0.2) is 19.9 Å². The Morgan fingerprint density at radius 1 is 0.804 bits per heavy atom. The van der Waals surface area contributed by atoms with Crippen LogP contribution in [0.3, 0.4) is 0 Å². The zero-order valence-corrected chi connectivity index (χ0v) is 25.8. The second kappa shape index (κ2) is 11.8. The van der Waals surface area contributed by atoms with Crippen molar-refractivity contribution >= 4 is 44.4 Å². The number of hydrogen-bond donors (Lipinski definition) is 1. The van der Waals surface area contributed by atoms with Crippen LogP contribution in [0.25, 0.3) is 49.7 Å². The zero-order chi connectivity index (χ0) is 31.0. The number of carbonyl (C=O) groups is 1. The summed E-state index contributed by atoms with van der Waals surface area (Å²) in [6.45, 7) is 3.82. The Kier molecular flexibility index (Phi) is 7.20. The lowest BCUT2D eigenvalue weighted by molar-refractivity contribution is 0.0628. The fraction of sp³-hybridized carbons (Fsp3) is 0.139. The number of fused-ring (bicyclic) bond motifs is 2. The van der Waals surface area contributed by atoms with Crippen molar-refractivity contribution in [3.8, 4) is 28.3 Å². The van der Waals surface area contributed by atoms with Crippen LogP contribution in [0.5, 0.6) is 0 Å². The first kappa shape index (κ1) is 28.1. The normalized spacial score (nSPS) is 13.9. The minimum absolute atomic E-state index is 0.0700. The molecule has 0 saturated carbocycles. The van der Waals surface area contributed by atoms with E-state index >= 15 is 0 Å². The van der Waals surface area contributed by atoms with Gasteiger partial charge in [-0.1, -0.05) is 42.5 Å². The van der Waals surface area contributed by atoms with Gasteiger partial charge in [-0.2, -0.15) is 0 Å². The predicted octanol–water partition coefficient (Wildman–Crippen LogP) is 6.30. The molecular weight excluding hydrogens is 593 g/mol. The van der Waals surface area contributed by atoms with Crippen molar-refractivity contribution in [2.75, 3.05) is 31.9 Å². The highest BCUT2D eigenvalue weighted by molar-refractivity contribution is 7.16. The second-order valence-electron chi connectivity index (χ2n) is 11.4. The van der Waals surface area contributed by atoms with Gasteiger partial charge in [0.1, 0.15) is 11.3 Å². The third-order valence-electron chi connectivity index (χ3n) is 8.49. The number of aromatic nitrogens is 5. The predicted molar refractivity (Wildman–Crippen MR) is 183 cm³/mol. The van der Waals surface area contributed by atoms with Gasteiger partial charge in [-0.15, -0.1) is 11.3 Å². The Labute approximate surface area is 269 Å². The molecule has 3 aromatic carbocycles. The van der Waals surface area contributed by atoms with Crippen LogP contribution in [0.1, 0.15) is 15.9 Å². The van der Waals surface area contributed by atoms with E-state index in [4.69, 9.17) is 15.7 Å². The van der Waals surface area contributed by atoms with E-state index in [0.29, 0.717) is 30.3 Å². The molecule has 0 bridgehead atoms. The van der Waals surface area contributed by atoms with Crippen LogP contribution < -0.4 is 5.73 Å². The van der Waals surface area contributed by atoms with E-state index < -0.39 is 0 Å². The largest absolute Gasteiger partial charge is 0.383 e. The maximum Gasteiger partial charge on any atom is 0.254 e. The third-order valence-corrected chi connectivity index (χ3v) is 9.30. The number of nitrogens with two attached hydrogens (primary N) is 1. The number of thiazole rings is 1. The molecule has 226 valence electrons. The van der Waals surface area contributed by atoms with Crippen LogP contribution in [0.4, 0.5) is 5.82 Å². The summed E-state index contributed by atoms with van der Waals surface area (Å²) in [5.74, 6) is 1.18. The highest BCUT2D eigenvalue weighted by Crippen LogP contribution is 2.32. The minimum atomic E-state index is 0.0700. The zero-order valence-electron chi connectivity index (χ0n) is 25.0. The Balaban J connectivity index is 1.03. The van der Waals surface area contributed by atoms with Gasteiger partial charge in [-0.05, 0) is 60.2 Å². The van der Waals surface area contributed by atoms with Gasteiger partial charge in [0.25, 0.3) is 5.91 Å². The first-order valence-electron chi connectivity index (χ1n) is 15.2. The summed E-state index contributed by atoms with van der Waals surface area (Å²) < 4.78 is 3.16. The number of nitrogen functional groups attached to an aromatic ring is 1. The van der Waals surface area contributed by atoms with Gasteiger partial charge >= 0.3 is 0 Å². The number of anilines is 1. The number of carbonyl (C=O) groups excluding carboxylic acids is 1. The molecule has 46 heavy (non-hydrogen) atoms. The van der Waals surface area contributed by atoms with Crippen molar-refractivity contribution in [2.24, 2.45) is 0 Å². The van der Waals surface area contributed by atoms with Crippen LogP contribution in [-0.4, -0.2) is 66.4 Å². The first-order chi connectivity index (χ1) is 22.6. The van der Waals surface area contributed by atoms with Gasteiger partial charge in [0.15, 0.2) is 11.5 Å². The van der Waals surface area contributed by atoms with Gasteiger partial charge < -0.3 is 10.6 Å². The van der Waals surface area contributed by atoms with Gasteiger partial charge in [-0.3, -0.25) is 14.3 Å². The Morgan fingerprint density at radius 3 is 2.43 bits per heavy atom. The SMILES string of the molecule is Nc1ncccc1-c1nc2ccc(-c3ccccc3)nc2n1-c1ccc(CN2CCN(C(=O)c3ccc4scnc4c3)CC2)cc1. The van der Waals surface area contributed by atoms with E-state index in [1.165, 1.54) is 5.56 Å². The summed E-state index contributed by atoms with van der Waals surface area (Å²) in [5.41, 5.74) is 16.1. The van der Waals surface area contributed by atoms with Crippen LogP contribution >= 0.6 is 11.3 Å². The maximum atomic E-state index is 13.2. The Hall–Kier alpha value is -5.45.